The molecule has 2 aromatic carbocycles. The number of anilines is 2. The van der Waals surface area contributed by atoms with Gasteiger partial charge in [0, 0.05) is 48.7 Å². The molecule has 5 rings (SSSR count). The standard InChI is InChI=1S/C28H26FN7O2/c1-18(2)36-27(19-7-5-4-6-8-19)26(16-32-36)34-28(37)33-24-10-9-21(13-23(24)29)38-22-11-12-30-25(14-22)20-15-31-35(3)17-20/h4-18H,1-3H3,(H2,33,34,37). The maximum Gasteiger partial charge on any atom is 0.323 e. The molecular weight excluding hydrogens is 485 g/mol. The zero-order valence-corrected chi connectivity index (χ0v) is 21.1. The molecule has 3 heterocycles. The molecular formula is C28H26FN7O2. The Morgan fingerprint density at radius 1 is 0.921 bits per heavy atom. The van der Waals surface area contributed by atoms with E-state index in [1.165, 1.54) is 12.1 Å². The smallest absolute Gasteiger partial charge is 0.323 e. The van der Waals surface area contributed by atoms with E-state index in [0.717, 1.165) is 16.8 Å². The molecule has 3 aromatic heterocycles. The van der Waals surface area contributed by atoms with Gasteiger partial charge in [0.1, 0.15) is 17.3 Å². The first-order valence-corrected chi connectivity index (χ1v) is 12.0. The fourth-order valence-corrected chi connectivity index (χ4v) is 3.99. The van der Waals surface area contributed by atoms with Crippen LogP contribution in [0.1, 0.15) is 19.9 Å². The molecule has 9 nitrogen and oxygen atoms in total. The lowest BCUT2D eigenvalue weighted by molar-refractivity contribution is 0.262. The van der Waals surface area contributed by atoms with Crippen molar-refractivity contribution in [3.8, 4) is 34.0 Å². The number of benzene rings is 2. The molecule has 0 fully saturated rings. The van der Waals surface area contributed by atoms with Crippen LogP contribution in [0.3, 0.4) is 0 Å². The number of ether oxygens (including phenoxy) is 1. The lowest BCUT2D eigenvalue weighted by Crippen LogP contribution is -2.20. The number of amides is 2. The highest BCUT2D eigenvalue weighted by atomic mass is 19.1. The number of hydrogen-bond acceptors (Lipinski definition) is 5. The normalized spacial score (nSPS) is 11.0. The van der Waals surface area contributed by atoms with Gasteiger partial charge < -0.3 is 15.4 Å². The van der Waals surface area contributed by atoms with Crippen LogP contribution in [0.2, 0.25) is 0 Å². The third-order valence-corrected chi connectivity index (χ3v) is 5.74. The molecule has 0 radical (unpaired) electrons. The number of nitrogens with one attached hydrogen (secondary N) is 2. The average Bonchev–Trinajstić information content (AvgIpc) is 3.53. The third-order valence-electron chi connectivity index (χ3n) is 5.74. The minimum absolute atomic E-state index is 0.0122. The second kappa shape index (κ2) is 10.6. The highest BCUT2D eigenvalue weighted by Crippen LogP contribution is 2.31. The molecule has 2 N–H and O–H groups in total. The number of urea groups is 1. The number of aromatic nitrogens is 5. The Kier molecular flexibility index (Phi) is 6.86. The van der Waals surface area contributed by atoms with Crippen molar-refractivity contribution in [2.45, 2.75) is 19.9 Å². The van der Waals surface area contributed by atoms with Gasteiger partial charge in [-0.3, -0.25) is 14.3 Å². The van der Waals surface area contributed by atoms with Crippen LogP contribution in [0, 0.1) is 5.82 Å². The summed E-state index contributed by atoms with van der Waals surface area (Å²) in [7, 11) is 1.82. The molecule has 10 heteroatoms. The molecule has 0 saturated heterocycles. The van der Waals surface area contributed by atoms with Gasteiger partial charge in [-0.05, 0) is 32.0 Å². The lowest BCUT2D eigenvalue weighted by atomic mass is 10.1. The van der Waals surface area contributed by atoms with Crippen molar-refractivity contribution in [1.82, 2.24) is 24.5 Å². The van der Waals surface area contributed by atoms with Crippen molar-refractivity contribution >= 4 is 17.4 Å². The molecule has 0 saturated carbocycles. The molecule has 38 heavy (non-hydrogen) atoms. The Morgan fingerprint density at radius 2 is 1.68 bits per heavy atom. The fraction of sp³-hybridized carbons (Fsp3) is 0.143. The van der Waals surface area contributed by atoms with Crippen LogP contribution in [0.5, 0.6) is 11.5 Å². The summed E-state index contributed by atoms with van der Waals surface area (Å²) in [6.45, 7) is 4.02. The number of pyridine rings is 1. The summed E-state index contributed by atoms with van der Waals surface area (Å²) in [5, 5.41) is 13.9. The van der Waals surface area contributed by atoms with E-state index in [2.05, 4.69) is 25.8 Å². The van der Waals surface area contributed by atoms with Crippen LogP contribution >= 0.6 is 0 Å². The van der Waals surface area contributed by atoms with Gasteiger partial charge in [-0.25, -0.2) is 9.18 Å². The summed E-state index contributed by atoms with van der Waals surface area (Å²) in [4.78, 5) is 17.1. The lowest BCUT2D eigenvalue weighted by Gasteiger charge is -2.14. The molecule has 0 aliphatic rings. The van der Waals surface area contributed by atoms with Crippen molar-refractivity contribution in [1.29, 1.82) is 0 Å². The molecule has 0 bridgehead atoms. The van der Waals surface area contributed by atoms with E-state index in [1.54, 1.807) is 41.5 Å². The van der Waals surface area contributed by atoms with Crippen LogP contribution in [-0.2, 0) is 7.05 Å². The third kappa shape index (κ3) is 5.39. The zero-order chi connectivity index (χ0) is 26.6. The number of nitrogens with zero attached hydrogens (tertiary/aromatic N) is 5. The molecule has 0 aliphatic heterocycles. The predicted octanol–water partition coefficient (Wildman–Crippen LogP) is 6.50. The Labute approximate surface area is 218 Å². The van der Waals surface area contributed by atoms with Crippen LogP contribution in [-0.4, -0.2) is 30.6 Å². The van der Waals surface area contributed by atoms with E-state index >= 15 is 0 Å². The van der Waals surface area contributed by atoms with Crippen LogP contribution in [0.25, 0.3) is 22.5 Å². The second-order valence-corrected chi connectivity index (χ2v) is 8.91. The topological polar surface area (TPSA) is 98.9 Å². The first-order chi connectivity index (χ1) is 18.4. The van der Waals surface area contributed by atoms with E-state index in [-0.39, 0.29) is 17.5 Å². The molecule has 0 aliphatic carbocycles. The summed E-state index contributed by atoms with van der Waals surface area (Å²) in [6.07, 6.45) is 6.74. The van der Waals surface area contributed by atoms with Crippen LogP contribution < -0.4 is 15.4 Å². The van der Waals surface area contributed by atoms with E-state index in [0.29, 0.717) is 17.1 Å². The van der Waals surface area contributed by atoms with Gasteiger partial charge in [0.2, 0.25) is 0 Å². The van der Waals surface area contributed by atoms with Crippen molar-refractivity contribution < 1.29 is 13.9 Å². The average molecular weight is 512 g/mol. The number of halogens is 1. The molecule has 2 amide bonds. The summed E-state index contributed by atoms with van der Waals surface area (Å²) in [6, 6.07) is 16.8. The Morgan fingerprint density at radius 3 is 2.39 bits per heavy atom. The Balaban J connectivity index is 1.29. The summed E-state index contributed by atoms with van der Waals surface area (Å²) in [5.41, 5.74) is 3.72. The largest absolute Gasteiger partial charge is 0.457 e. The molecule has 0 atom stereocenters. The van der Waals surface area contributed by atoms with E-state index in [1.807, 2.05) is 62.1 Å². The minimum atomic E-state index is -0.639. The number of hydrogen-bond donors (Lipinski definition) is 2. The summed E-state index contributed by atoms with van der Waals surface area (Å²) in [5.74, 6) is 0.133. The van der Waals surface area contributed by atoms with Gasteiger partial charge in [-0.15, -0.1) is 0 Å². The first kappa shape index (κ1) is 24.7. The summed E-state index contributed by atoms with van der Waals surface area (Å²) >= 11 is 0. The number of aryl methyl sites for hydroxylation is 1. The monoisotopic (exact) mass is 511 g/mol. The molecule has 192 valence electrons. The Bertz CT molecular complexity index is 1580. The molecule has 0 spiro atoms. The maximum atomic E-state index is 14.9. The number of carbonyl (C=O) groups excluding carboxylic acids is 1. The van der Waals surface area contributed by atoms with Gasteiger partial charge in [-0.1, -0.05) is 30.3 Å². The van der Waals surface area contributed by atoms with Crippen LogP contribution in [0.4, 0.5) is 20.6 Å². The Hall–Kier alpha value is -4.99. The van der Waals surface area contributed by atoms with Crippen molar-refractivity contribution in [2.75, 3.05) is 10.6 Å². The second-order valence-electron chi connectivity index (χ2n) is 8.91. The van der Waals surface area contributed by atoms with Gasteiger partial charge in [0.15, 0.2) is 0 Å². The van der Waals surface area contributed by atoms with Crippen molar-refractivity contribution in [3.05, 3.63) is 91.3 Å². The highest BCUT2D eigenvalue weighted by molar-refractivity contribution is 6.02. The van der Waals surface area contributed by atoms with E-state index in [9.17, 15) is 9.18 Å². The van der Waals surface area contributed by atoms with Gasteiger partial charge in [-0.2, -0.15) is 10.2 Å². The highest BCUT2D eigenvalue weighted by Gasteiger charge is 2.18. The van der Waals surface area contributed by atoms with E-state index in [4.69, 9.17) is 4.74 Å². The number of rotatable bonds is 7. The van der Waals surface area contributed by atoms with Gasteiger partial charge in [0.25, 0.3) is 0 Å². The van der Waals surface area contributed by atoms with Crippen LogP contribution in [0.15, 0.2) is 85.5 Å². The van der Waals surface area contributed by atoms with Gasteiger partial charge >= 0.3 is 6.03 Å². The zero-order valence-electron chi connectivity index (χ0n) is 21.1. The van der Waals surface area contributed by atoms with E-state index < -0.39 is 11.8 Å². The summed E-state index contributed by atoms with van der Waals surface area (Å²) < 4.78 is 24.2. The van der Waals surface area contributed by atoms with Crippen molar-refractivity contribution in [3.63, 3.8) is 0 Å². The number of carbonyl (C=O) groups is 1. The first-order valence-electron chi connectivity index (χ1n) is 12.0. The SMILES string of the molecule is CC(C)n1ncc(NC(=O)Nc2ccc(Oc3ccnc(-c4cnn(C)c4)c3)cc2F)c1-c1ccccc1. The predicted molar refractivity (Wildman–Crippen MR) is 144 cm³/mol. The maximum absolute atomic E-state index is 14.9. The minimum Gasteiger partial charge on any atom is -0.457 e. The fourth-order valence-electron chi connectivity index (χ4n) is 3.99. The molecule has 0 unspecified atom stereocenters. The van der Waals surface area contributed by atoms with Crippen molar-refractivity contribution in [2.24, 2.45) is 7.05 Å². The van der Waals surface area contributed by atoms with Gasteiger partial charge in [0.05, 0.1) is 35.2 Å². The molecule has 5 aromatic rings. The quantitative estimate of drug-likeness (QED) is 0.260.